The maximum atomic E-state index is 11.9. The summed E-state index contributed by atoms with van der Waals surface area (Å²) in [7, 11) is 1.87. The molecule has 5 saturated carbocycles. The van der Waals surface area contributed by atoms with Crippen LogP contribution in [0.25, 0.3) is 0 Å². The van der Waals surface area contributed by atoms with Crippen LogP contribution >= 0.6 is 0 Å². The molecule has 0 unspecified atom stereocenters. The standard InChI is InChI=1S/C16H25NO2/c1-19-16(9-17-15(18)12-2-3-12)13-5-10-4-11(7-13)8-14(16)6-10/h10-14H,2-9H2,1H3,(H,17,18). The van der Waals surface area contributed by atoms with E-state index < -0.39 is 0 Å². The van der Waals surface area contributed by atoms with Crippen LogP contribution < -0.4 is 5.32 Å². The lowest BCUT2D eigenvalue weighted by Gasteiger charge is -2.60. The van der Waals surface area contributed by atoms with Crippen molar-refractivity contribution in [3.05, 3.63) is 0 Å². The Kier molecular flexibility index (Phi) is 2.70. The van der Waals surface area contributed by atoms with Gasteiger partial charge in [-0.25, -0.2) is 0 Å². The summed E-state index contributed by atoms with van der Waals surface area (Å²) in [5, 5.41) is 3.20. The molecule has 106 valence electrons. The molecule has 0 aromatic rings. The van der Waals surface area contributed by atoms with Gasteiger partial charge >= 0.3 is 0 Å². The van der Waals surface area contributed by atoms with E-state index in [1.807, 2.05) is 7.11 Å². The Morgan fingerprint density at radius 3 is 2.16 bits per heavy atom. The van der Waals surface area contributed by atoms with Crippen LogP contribution in [0, 0.1) is 29.6 Å². The highest BCUT2D eigenvalue weighted by molar-refractivity contribution is 5.80. The van der Waals surface area contributed by atoms with Crippen LogP contribution in [-0.2, 0) is 9.53 Å². The van der Waals surface area contributed by atoms with Crippen LogP contribution in [0.3, 0.4) is 0 Å². The fourth-order valence-corrected chi connectivity index (χ4v) is 5.39. The number of hydrogen-bond acceptors (Lipinski definition) is 2. The molecule has 3 nitrogen and oxygen atoms in total. The molecule has 0 spiro atoms. The zero-order valence-electron chi connectivity index (χ0n) is 11.9. The first-order chi connectivity index (χ1) is 9.21. The number of rotatable bonds is 4. The quantitative estimate of drug-likeness (QED) is 0.845. The van der Waals surface area contributed by atoms with Crippen molar-refractivity contribution in [3.63, 3.8) is 0 Å². The second kappa shape index (κ2) is 4.21. The second-order valence-electron chi connectivity index (χ2n) is 7.46. The van der Waals surface area contributed by atoms with Crippen molar-refractivity contribution in [3.8, 4) is 0 Å². The average Bonchev–Trinajstić information content (AvgIpc) is 3.22. The molecule has 3 heteroatoms. The molecule has 5 fully saturated rings. The van der Waals surface area contributed by atoms with Gasteiger partial charge in [-0.15, -0.1) is 0 Å². The Hall–Kier alpha value is -0.570. The molecule has 0 atom stereocenters. The molecule has 0 heterocycles. The van der Waals surface area contributed by atoms with E-state index in [1.165, 1.54) is 32.1 Å². The Morgan fingerprint density at radius 2 is 1.68 bits per heavy atom. The zero-order chi connectivity index (χ0) is 13.0. The van der Waals surface area contributed by atoms with Gasteiger partial charge < -0.3 is 10.1 Å². The van der Waals surface area contributed by atoms with Crippen molar-refractivity contribution in [1.82, 2.24) is 5.32 Å². The van der Waals surface area contributed by atoms with Gasteiger partial charge in [0.15, 0.2) is 0 Å². The van der Waals surface area contributed by atoms with Gasteiger partial charge in [0.1, 0.15) is 0 Å². The van der Waals surface area contributed by atoms with Crippen molar-refractivity contribution in [2.75, 3.05) is 13.7 Å². The molecule has 5 aliphatic rings. The molecule has 5 rings (SSSR count). The van der Waals surface area contributed by atoms with E-state index in [0.717, 1.165) is 31.2 Å². The summed E-state index contributed by atoms with van der Waals surface area (Å²) < 4.78 is 6.05. The second-order valence-corrected chi connectivity index (χ2v) is 7.46. The third-order valence-electron chi connectivity index (χ3n) is 6.39. The lowest BCUT2D eigenvalue weighted by atomic mass is 9.49. The molecule has 0 aliphatic heterocycles. The number of carbonyl (C=O) groups excluding carboxylic acids is 1. The van der Waals surface area contributed by atoms with Crippen molar-refractivity contribution >= 4 is 5.91 Å². The molecule has 1 N–H and O–H groups in total. The van der Waals surface area contributed by atoms with Crippen LogP contribution in [-0.4, -0.2) is 25.2 Å². The third kappa shape index (κ3) is 1.84. The fourth-order valence-electron chi connectivity index (χ4n) is 5.39. The van der Waals surface area contributed by atoms with Gasteiger partial charge in [-0.3, -0.25) is 4.79 Å². The number of hydrogen-bond donors (Lipinski definition) is 1. The maximum absolute atomic E-state index is 11.9. The summed E-state index contributed by atoms with van der Waals surface area (Å²) in [5.41, 5.74) is -0.0437. The van der Waals surface area contributed by atoms with Crippen LogP contribution in [0.2, 0.25) is 0 Å². The van der Waals surface area contributed by atoms with Crippen LogP contribution in [0.5, 0.6) is 0 Å². The van der Waals surface area contributed by atoms with Crippen LogP contribution in [0.1, 0.15) is 44.9 Å². The van der Waals surface area contributed by atoms with E-state index in [2.05, 4.69) is 5.32 Å². The van der Waals surface area contributed by atoms with Gasteiger partial charge in [-0.05, 0) is 68.6 Å². The van der Waals surface area contributed by atoms with Gasteiger partial charge in [0, 0.05) is 19.6 Å². The Balaban J connectivity index is 1.50. The summed E-state index contributed by atoms with van der Waals surface area (Å²) >= 11 is 0. The van der Waals surface area contributed by atoms with E-state index in [0.29, 0.717) is 17.8 Å². The van der Waals surface area contributed by atoms with Gasteiger partial charge in [0.2, 0.25) is 5.91 Å². The minimum Gasteiger partial charge on any atom is -0.376 e. The van der Waals surface area contributed by atoms with Crippen LogP contribution in [0.15, 0.2) is 0 Å². The Labute approximate surface area is 115 Å². The Morgan fingerprint density at radius 1 is 1.11 bits per heavy atom. The minimum atomic E-state index is -0.0437. The summed E-state index contributed by atoms with van der Waals surface area (Å²) in [4.78, 5) is 11.9. The number of nitrogens with one attached hydrogen (secondary N) is 1. The monoisotopic (exact) mass is 263 g/mol. The van der Waals surface area contributed by atoms with E-state index in [4.69, 9.17) is 4.74 Å². The minimum absolute atomic E-state index is 0.0437. The largest absolute Gasteiger partial charge is 0.376 e. The SMILES string of the molecule is COC1(CNC(=O)C2CC2)C2CC3CC(C2)CC1C3. The van der Waals surface area contributed by atoms with Gasteiger partial charge in [0.25, 0.3) is 0 Å². The molecular weight excluding hydrogens is 238 g/mol. The number of ether oxygens (including phenoxy) is 1. The first kappa shape index (κ1) is 12.2. The molecule has 0 aromatic carbocycles. The number of carbonyl (C=O) groups is 1. The van der Waals surface area contributed by atoms with Gasteiger partial charge in [-0.2, -0.15) is 0 Å². The summed E-state index contributed by atoms with van der Waals surface area (Å²) in [6.07, 6.45) is 8.97. The average molecular weight is 263 g/mol. The highest BCUT2D eigenvalue weighted by Crippen LogP contribution is 2.59. The predicted octanol–water partition coefficient (Wildman–Crippen LogP) is 2.35. The first-order valence-electron chi connectivity index (χ1n) is 8.04. The number of methoxy groups -OCH3 is 1. The maximum Gasteiger partial charge on any atom is 0.223 e. The first-order valence-corrected chi connectivity index (χ1v) is 8.04. The summed E-state index contributed by atoms with van der Waals surface area (Å²) in [6.45, 7) is 0.758. The Bertz CT molecular complexity index is 360. The predicted molar refractivity (Wildman–Crippen MR) is 72.5 cm³/mol. The molecule has 4 bridgehead atoms. The van der Waals surface area contributed by atoms with Gasteiger partial charge in [0.05, 0.1) is 5.60 Å². The molecular formula is C16H25NO2. The highest BCUT2D eigenvalue weighted by Gasteiger charge is 2.57. The summed E-state index contributed by atoms with van der Waals surface area (Å²) in [5.74, 6) is 3.85. The van der Waals surface area contributed by atoms with Crippen molar-refractivity contribution in [2.45, 2.75) is 50.5 Å². The topological polar surface area (TPSA) is 38.3 Å². The smallest absolute Gasteiger partial charge is 0.223 e. The third-order valence-corrected chi connectivity index (χ3v) is 6.39. The highest BCUT2D eigenvalue weighted by atomic mass is 16.5. The molecule has 0 saturated heterocycles. The van der Waals surface area contributed by atoms with E-state index in [1.54, 1.807) is 0 Å². The normalized spacial score (nSPS) is 47.4. The molecule has 0 radical (unpaired) electrons. The molecule has 1 amide bonds. The van der Waals surface area contributed by atoms with E-state index >= 15 is 0 Å². The fraction of sp³-hybridized carbons (Fsp3) is 0.938. The molecule has 5 aliphatic carbocycles. The number of amides is 1. The molecule has 19 heavy (non-hydrogen) atoms. The zero-order valence-corrected chi connectivity index (χ0v) is 11.9. The van der Waals surface area contributed by atoms with Crippen molar-refractivity contribution in [2.24, 2.45) is 29.6 Å². The van der Waals surface area contributed by atoms with Crippen molar-refractivity contribution < 1.29 is 9.53 Å². The molecule has 0 aromatic heterocycles. The van der Waals surface area contributed by atoms with E-state index in [-0.39, 0.29) is 11.5 Å². The van der Waals surface area contributed by atoms with E-state index in [9.17, 15) is 4.79 Å². The lowest BCUT2D eigenvalue weighted by Crippen LogP contribution is -2.63. The van der Waals surface area contributed by atoms with Crippen LogP contribution in [0.4, 0.5) is 0 Å². The van der Waals surface area contributed by atoms with Gasteiger partial charge in [-0.1, -0.05) is 0 Å². The van der Waals surface area contributed by atoms with Crippen molar-refractivity contribution in [1.29, 1.82) is 0 Å². The lowest BCUT2D eigenvalue weighted by molar-refractivity contribution is -0.188. The summed E-state index contributed by atoms with van der Waals surface area (Å²) in [6, 6.07) is 0.